The zero-order valence-electron chi connectivity index (χ0n) is 18.3. The van der Waals surface area contributed by atoms with Crippen LogP contribution in [0.3, 0.4) is 0 Å². The smallest absolute Gasteiger partial charge is 0.291 e. The Morgan fingerprint density at radius 2 is 1.65 bits per heavy atom. The Bertz CT molecular complexity index is 1390. The van der Waals surface area contributed by atoms with Crippen molar-refractivity contribution in [1.29, 1.82) is 0 Å². The van der Waals surface area contributed by atoms with E-state index >= 15 is 0 Å². The molecule has 5 nitrogen and oxygen atoms in total. The highest BCUT2D eigenvalue weighted by atomic mass is 19.1. The molecule has 0 bridgehead atoms. The van der Waals surface area contributed by atoms with Crippen molar-refractivity contribution in [2.75, 3.05) is 16.8 Å². The summed E-state index contributed by atoms with van der Waals surface area (Å²) in [6, 6.07) is 19.6. The molecule has 0 saturated carbocycles. The molecule has 0 atom stereocenters. The zero-order valence-corrected chi connectivity index (χ0v) is 18.3. The summed E-state index contributed by atoms with van der Waals surface area (Å²) in [5, 5.41) is 2.25. The molecule has 0 aliphatic carbocycles. The maximum Gasteiger partial charge on any atom is 0.291 e. The highest BCUT2D eigenvalue weighted by molar-refractivity contribution is 6.09. The number of anilines is 2. The number of nitrogens with one attached hydrogen (secondary N) is 1. The summed E-state index contributed by atoms with van der Waals surface area (Å²) in [5.41, 5.74) is 3.15. The number of furan rings is 1. The number of fused-ring (bicyclic) bond motifs is 3. The van der Waals surface area contributed by atoms with Crippen molar-refractivity contribution in [1.82, 2.24) is 0 Å². The summed E-state index contributed by atoms with van der Waals surface area (Å²) in [4.78, 5) is 27.7. The van der Waals surface area contributed by atoms with E-state index in [2.05, 4.69) is 5.32 Å². The molecule has 0 radical (unpaired) electrons. The highest BCUT2D eigenvalue weighted by Crippen LogP contribution is 2.39. The molecule has 2 heterocycles. The lowest BCUT2D eigenvalue weighted by Crippen LogP contribution is -2.32. The second-order valence-electron chi connectivity index (χ2n) is 8.11. The topological polar surface area (TPSA) is 62.6 Å². The van der Waals surface area contributed by atoms with Crippen molar-refractivity contribution in [3.8, 4) is 11.3 Å². The zero-order chi connectivity index (χ0) is 23.8. The van der Waals surface area contributed by atoms with E-state index in [4.69, 9.17) is 4.42 Å². The second kappa shape index (κ2) is 8.59. The maximum atomic E-state index is 14.0. The van der Waals surface area contributed by atoms with Gasteiger partial charge in [-0.25, -0.2) is 8.78 Å². The van der Waals surface area contributed by atoms with Crippen molar-refractivity contribution in [3.05, 3.63) is 107 Å². The molecule has 1 aliphatic rings. The van der Waals surface area contributed by atoms with Crippen LogP contribution in [0.2, 0.25) is 0 Å². The van der Waals surface area contributed by atoms with Gasteiger partial charge in [-0.3, -0.25) is 9.59 Å². The van der Waals surface area contributed by atoms with Crippen molar-refractivity contribution in [2.45, 2.75) is 13.3 Å². The number of aryl methyl sites for hydroxylation is 1. The molecular formula is C27H20F2N2O3. The Balaban J connectivity index is 1.49. The molecule has 7 heteroatoms. The molecular weight excluding hydrogens is 438 g/mol. The third kappa shape index (κ3) is 3.85. The summed E-state index contributed by atoms with van der Waals surface area (Å²) in [6.45, 7) is 2.33. The van der Waals surface area contributed by atoms with Crippen LogP contribution in [0, 0.1) is 18.6 Å². The fraction of sp³-hybridized carbons (Fsp3) is 0.111. The maximum absolute atomic E-state index is 14.0. The average Bonchev–Trinajstić information content (AvgIpc) is 3.20. The summed E-state index contributed by atoms with van der Waals surface area (Å²) in [7, 11) is 0. The molecule has 3 aromatic carbocycles. The molecule has 1 aliphatic heterocycles. The lowest BCUT2D eigenvalue weighted by molar-refractivity contribution is 0.0982. The van der Waals surface area contributed by atoms with Crippen LogP contribution in [0.15, 0.2) is 77.2 Å². The summed E-state index contributed by atoms with van der Waals surface area (Å²) in [5.74, 6) is -2.27. The first-order valence-electron chi connectivity index (χ1n) is 10.8. The molecule has 34 heavy (non-hydrogen) atoms. The van der Waals surface area contributed by atoms with Gasteiger partial charge >= 0.3 is 0 Å². The van der Waals surface area contributed by atoms with Crippen molar-refractivity contribution < 1.29 is 22.8 Å². The first-order valence-corrected chi connectivity index (χ1v) is 10.8. The summed E-state index contributed by atoms with van der Waals surface area (Å²) < 4.78 is 33.8. The van der Waals surface area contributed by atoms with Gasteiger partial charge in [0.05, 0.1) is 5.69 Å². The van der Waals surface area contributed by atoms with E-state index in [1.165, 1.54) is 6.07 Å². The second-order valence-corrected chi connectivity index (χ2v) is 8.11. The number of halogens is 2. The first kappa shape index (κ1) is 21.6. The van der Waals surface area contributed by atoms with Gasteiger partial charge in [0, 0.05) is 23.2 Å². The van der Waals surface area contributed by atoms with E-state index < -0.39 is 23.2 Å². The Hall–Kier alpha value is -4.26. The van der Waals surface area contributed by atoms with Crippen molar-refractivity contribution in [2.24, 2.45) is 0 Å². The number of nitrogens with zero attached hydrogens (tertiary/aromatic N) is 1. The van der Waals surface area contributed by atoms with Gasteiger partial charge in [-0.05, 0) is 55.8 Å². The van der Waals surface area contributed by atoms with E-state index in [0.717, 1.165) is 23.3 Å². The first-order chi connectivity index (χ1) is 16.4. The molecule has 2 amide bonds. The Morgan fingerprint density at radius 1 is 0.941 bits per heavy atom. The Labute approximate surface area is 194 Å². The molecule has 1 aromatic heterocycles. The van der Waals surface area contributed by atoms with E-state index in [9.17, 15) is 18.4 Å². The Morgan fingerprint density at radius 3 is 2.38 bits per heavy atom. The third-order valence-corrected chi connectivity index (χ3v) is 5.82. The number of para-hydroxylation sites is 2. The Kier molecular flexibility index (Phi) is 5.45. The number of carbonyl (C=O) groups excluding carboxylic acids is 2. The third-order valence-electron chi connectivity index (χ3n) is 5.82. The highest BCUT2D eigenvalue weighted by Gasteiger charge is 2.29. The molecule has 1 N–H and O–H groups in total. The van der Waals surface area contributed by atoms with Crippen LogP contribution in [-0.2, 0) is 6.42 Å². The quantitative estimate of drug-likeness (QED) is 0.410. The average molecular weight is 458 g/mol. The van der Waals surface area contributed by atoms with Gasteiger partial charge in [-0.15, -0.1) is 0 Å². The predicted molar refractivity (Wildman–Crippen MR) is 125 cm³/mol. The minimum absolute atomic E-state index is 0.0687. The van der Waals surface area contributed by atoms with Gasteiger partial charge < -0.3 is 14.6 Å². The monoisotopic (exact) mass is 458 g/mol. The van der Waals surface area contributed by atoms with Crippen LogP contribution in [-0.4, -0.2) is 18.4 Å². The van der Waals surface area contributed by atoms with Crippen molar-refractivity contribution >= 4 is 23.2 Å². The molecule has 0 unspecified atom stereocenters. The summed E-state index contributed by atoms with van der Waals surface area (Å²) >= 11 is 0. The predicted octanol–water partition coefficient (Wildman–Crippen LogP) is 5.99. The van der Waals surface area contributed by atoms with Gasteiger partial charge in [0.2, 0.25) is 0 Å². The van der Waals surface area contributed by atoms with Gasteiger partial charge in [0.15, 0.2) is 5.76 Å². The minimum atomic E-state index is -0.878. The number of hydrogen-bond acceptors (Lipinski definition) is 3. The minimum Gasteiger partial charge on any atom is -0.451 e. The number of carbonyl (C=O) groups is 2. The van der Waals surface area contributed by atoms with Gasteiger partial charge in [0.1, 0.15) is 23.1 Å². The number of hydrogen-bond donors (Lipinski definition) is 1. The van der Waals surface area contributed by atoms with Crippen molar-refractivity contribution in [3.63, 3.8) is 0 Å². The molecule has 0 spiro atoms. The van der Waals surface area contributed by atoms with Crippen LogP contribution in [0.25, 0.3) is 11.3 Å². The van der Waals surface area contributed by atoms with Crippen LogP contribution >= 0.6 is 0 Å². The lowest BCUT2D eigenvalue weighted by Gasteiger charge is -2.23. The number of amides is 2. The van der Waals surface area contributed by atoms with Gasteiger partial charge in [-0.1, -0.05) is 35.9 Å². The SMILES string of the molecule is Cc1ccc(C(=O)N2CCc3cc(C(=O)Nc4c(F)cccc4F)oc3-c3ccccc32)cc1. The van der Waals surface area contributed by atoms with E-state index in [0.29, 0.717) is 35.5 Å². The van der Waals surface area contributed by atoms with E-state index in [1.807, 2.05) is 43.3 Å². The van der Waals surface area contributed by atoms with Crippen LogP contribution in [0.5, 0.6) is 0 Å². The number of rotatable bonds is 3. The molecule has 0 saturated heterocycles. The van der Waals surface area contributed by atoms with Gasteiger partial charge in [0.25, 0.3) is 11.8 Å². The fourth-order valence-corrected chi connectivity index (χ4v) is 4.06. The van der Waals surface area contributed by atoms with Crippen LogP contribution in [0.4, 0.5) is 20.2 Å². The summed E-state index contributed by atoms with van der Waals surface area (Å²) in [6.07, 6.45) is 0.437. The molecule has 170 valence electrons. The van der Waals surface area contributed by atoms with Gasteiger partial charge in [-0.2, -0.15) is 0 Å². The molecule has 4 aromatic rings. The standard InChI is InChI=1S/C27H20F2N2O3/c1-16-9-11-17(12-10-16)27(33)31-14-13-18-15-23(34-25(18)19-5-2-3-8-22(19)31)26(32)30-24-20(28)6-4-7-21(24)29/h2-12,15H,13-14H2,1H3,(H,30,32). The van der Waals surface area contributed by atoms with E-state index in [1.54, 1.807) is 23.1 Å². The number of benzene rings is 3. The molecule has 0 fully saturated rings. The lowest BCUT2D eigenvalue weighted by atomic mass is 10.1. The van der Waals surface area contributed by atoms with Crippen LogP contribution in [0.1, 0.15) is 32.0 Å². The fourth-order valence-electron chi connectivity index (χ4n) is 4.06. The molecule has 5 rings (SSSR count). The van der Waals surface area contributed by atoms with E-state index in [-0.39, 0.29) is 11.7 Å². The normalized spacial score (nSPS) is 12.5. The largest absolute Gasteiger partial charge is 0.451 e. The van der Waals surface area contributed by atoms with Crippen LogP contribution < -0.4 is 10.2 Å².